The molecule has 1 unspecified atom stereocenters. The Kier molecular flexibility index (Phi) is 6.50. The Morgan fingerprint density at radius 2 is 2.07 bits per heavy atom. The van der Waals surface area contributed by atoms with Gasteiger partial charge in [-0.25, -0.2) is 0 Å². The van der Waals surface area contributed by atoms with Crippen molar-refractivity contribution in [3.63, 3.8) is 0 Å². The molecule has 160 valence electrons. The number of ether oxygens (including phenoxy) is 2. The smallest absolute Gasteiger partial charge is 0.286 e. The van der Waals surface area contributed by atoms with Crippen LogP contribution < -0.4 is 10.7 Å². The molecule has 1 amide bonds. The van der Waals surface area contributed by atoms with Gasteiger partial charge in [0.1, 0.15) is 5.58 Å². The minimum Gasteiger partial charge on any atom is -0.464 e. The van der Waals surface area contributed by atoms with Crippen molar-refractivity contribution >= 4 is 16.9 Å². The summed E-state index contributed by atoms with van der Waals surface area (Å²) >= 11 is 0. The first-order chi connectivity index (χ1) is 14.7. The molecule has 30 heavy (non-hydrogen) atoms. The van der Waals surface area contributed by atoms with Crippen LogP contribution in [0.15, 0.2) is 51.6 Å². The molecule has 1 aliphatic heterocycles. The third kappa shape index (κ3) is 4.91. The molecule has 0 spiro atoms. The average Bonchev–Trinajstić information content (AvgIpc) is 3.60. The number of hydrogen-bond donors (Lipinski definition) is 2. The molecule has 2 heterocycles. The Hall–Kier alpha value is -2.64. The second kappa shape index (κ2) is 9.45. The molecule has 1 aliphatic carbocycles. The lowest BCUT2D eigenvalue weighted by atomic mass is 9.93. The summed E-state index contributed by atoms with van der Waals surface area (Å²) in [4.78, 5) is 25.7. The van der Waals surface area contributed by atoms with Crippen LogP contribution in [0.4, 0.5) is 0 Å². The maximum absolute atomic E-state index is 13.0. The van der Waals surface area contributed by atoms with Gasteiger partial charge in [0.2, 0.25) is 6.29 Å². The molecule has 2 atom stereocenters. The van der Waals surface area contributed by atoms with E-state index in [9.17, 15) is 9.59 Å². The van der Waals surface area contributed by atoms with Gasteiger partial charge in [0, 0.05) is 31.1 Å². The molecule has 0 bridgehead atoms. The fourth-order valence-electron chi connectivity index (χ4n) is 3.56. The number of amides is 1. The molecule has 4 rings (SSSR count). The van der Waals surface area contributed by atoms with Gasteiger partial charge < -0.3 is 24.3 Å². The van der Waals surface area contributed by atoms with E-state index in [0.29, 0.717) is 54.9 Å². The highest BCUT2D eigenvalue weighted by atomic mass is 16.7. The highest BCUT2D eigenvalue weighted by Crippen LogP contribution is 2.32. The lowest BCUT2D eigenvalue weighted by Crippen LogP contribution is -2.34. The SMILES string of the molecule is O=C(NCC1CC1)C1=C[C@H](c2coc3ccccc3c2=O)CC(OCCCCO)O1. The van der Waals surface area contributed by atoms with E-state index < -0.39 is 6.29 Å². The highest BCUT2D eigenvalue weighted by molar-refractivity contribution is 5.91. The van der Waals surface area contributed by atoms with Gasteiger partial charge in [-0.2, -0.15) is 0 Å². The third-order valence-electron chi connectivity index (χ3n) is 5.49. The minimum atomic E-state index is -0.647. The number of para-hydroxylation sites is 1. The number of carbonyl (C=O) groups is 1. The second-order valence-electron chi connectivity index (χ2n) is 7.89. The molecule has 1 aromatic heterocycles. The van der Waals surface area contributed by atoms with Gasteiger partial charge in [-0.05, 0) is 49.8 Å². The molecule has 0 radical (unpaired) electrons. The molecular formula is C23H27NO6. The number of benzene rings is 1. The Bertz CT molecular complexity index is 977. The van der Waals surface area contributed by atoms with Crippen molar-refractivity contribution < 1.29 is 23.8 Å². The van der Waals surface area contributed by atoms with Crippen molar-refractivity contribution in [3.05, 3.63) is 58.2 Å². The molecule has 2 N–H and O–H groups in total. The van der Waals surface area contributed by atoms with E-state index in [1.54, 1.807) is 24.3 Å². The highest BCUT2D eigenvalue weighted by Gasteiger charge is 2.31. The van der Waals surface area contributed by atoms with Crippen molar-refractivity contribution in [2.24, 2.45) is 5.92 Å². The van der Waals surface area contributed by atoms with Gasteiger partial charge in [0.15, 0.2) is 11.2 Å². The van der Waals surface area contributed by atoms with Crippen LogP contribution in [0.2, 0.25) is 0 Å². The molecule has 1 saturated carbocycles. The number of nitrogens with one attached hydrogen (secondary N) is 1. The number of hydrogen-bond acceptors (Lipinski definition) is 6. The Labute approximate surface area is 174 Å². The Balaban J connectivity index is 1.57. The summed E-state index contributed by atoms with van der Waals surface area (Å²) in [5.74, 6) is 0.0727. The standard InChI is InChI=1S/C23H27NO6/c25-9-3-4-10-28-21-12-16(11-20(30-21)23(27)24-13-15-7-8-15)18-14-29-19-6-2-1-5-17(19)22(18)26/h1-2,5-6,11,14-16,21,25H,3-4,7-10,12-13H2,(H,24,27)/t16-,21?/m0/s1. The monoisotopic (exact) mass is 413 g/mol. The molecule has 0 saturated heterocycles. The van der Waals surface area contributed by atoms with Gasteiger partial charge >= 0.3 is 0 Å². The lowest BCUT2D eigenvalue weighted by molar-refractivity contribution is -0.146. The average molecular weight is 413 g/mol. The van der Waals surface area contributed by atoms with Crippen molar-refractivity contribution in [1.29, 1.82) is 0 Å². The fraction of sp³-hybridized carbons (Fsp3) is 0.478. The molecule has 7 nitrogen and oxygen atoms in total. The minimum absolute atomic E-state index is 0.102. The van der Waals surface area contributed by atoms with Crippen molar-refractivity contribution in [2.75, 3.05) is 19.8 Å². The summed E-state index contributed by atoms with van der Waals surface area (Å²) in [6, 6.07) is 7.11. The van der Waals surface area contributed by atoms with Gasteiger partial charge in [-0.3, -0.25) is 9.59 Å². The largest absolute Gasteiger partial charge is 0.464 e. The first-order valence-electron chi connectivity index (χ1n) is 10.6. The summed E-state index contributed by atoms with van der Waals surface area (Å²) in [5, 5.41) is 12.4. The van der Waals surface area contributed by atoms with Crippen LogP contribution in [0, 0.1) is 5.92 Å². The molecule has 1 aromatic carbocycles. The van der Waals surface area contributed by atoms with Gasteiger partial charge in [0.25, 0.3) is 5.91 Å². The molecule has 1 fully saturated rings. The number of allylic oxidation sites excluding steroid dienone is 1. The number of carbonyl (C=O) groups excluding carboxylic acids is 1. The van der Waals surface area contributed by atoms with Crippen LogP contribution >= 0.6 is 0 Å². The van der Waals surface area contributed by atoms with Crippen LogP contribution in [0.5, 0.6) is 0 Å². The van der Waals surface area contributed by atoms with Crippen LogP contribution in [0.3, 0.4) is 0 Å². The summed E-state index contributed by atoms with van der Waals surface area (Å²) < 4.78 is 17.3. The zero-order valence-electron chi connectivity index (χ0n) is 16.8. The van der Waals surface area contributed by atoms with Crippen LogP contribution in [-0.2, 0) is 14.3 Å². The van der Waals surface area contributed by atoms with Crippen LogP contribution in [0.25, 0.3) is 11.0 Å². The predicted octanol–water partition coefficient (Wildman–Crippen LogP) is 2.82. The van der Waals surface area contributed by atoms with Crippen molar-refractivity contribution in [1.82, 2.24) is 5.32 Å². The first-order valence-corrected chi connectivity index (χ1v) is 10.6. The second-order valence-corrected chi connectivity index (χ2v) is 7.89. The summed E-state index contributed by atoms with van der Waals surface area (Å²) in [7, 11) is 0. The molecule has 7 heteroatoms. The van der Waals surface area contributed by atoms with Crippen molar-refractivity contribution in [2.45, 2.75) is 44.3 Å². The van der Waals surface area contributed by atoms with E-state index in [4.69, 9.17) is 19.0 Å². The summed E-state index contributed by atoms with van der Waals surface area (Å²) in [6.45, 7) is 1.13. The predicted molar refractivity (Wildman–Crippen MR) is 111 cm³/mol. The summed E-state index contributed by atoms with van der Waals surface area (Å²) in [6.07, 6.45) is 6.51. The van der Waals surface area contributed by atoms with E-state index in [1.807, 2.05) is 6.07 Å². The molecule has 2 aromatic rings. The zero-order valence-corrected chi connectivity index (χ0v) is 16.8. The number of rotatable bonds is 9. The topological polar surface area (TPSA) is 98.0 Å². The van der Waals surface area contributed by atoms with E-state index in [1.165, 1.54) is 6.26 Å². The maximum Gasteiger partial charge on any atom is 0.286 e. The number of fused-ring (bicyclic) bond motifs is 1. The summed E-state index contributed by atoms with van der Waals surface area (Å²) in [5.41, 5.74) is 0.895. The first kappa shape index (κ1) is 20.6. The van der Waals surface area contributed by atoms with Crippen molar-refractivity contribution in [3.8, 4) is 0 Å². The van der Waals surface area contributed by atoms with E-state index in [0.717, 1.165) is 12.8 Å². The normalized spacial score (nSPS) is 21.2. The zero-order chi connectivity index (χ0) is 20.9. The van der Waals surface area contributed by atoms with E-state index >= 15 is 0 Å². The Morgan fingerprint density at radius 3 is 2.87 bits per heavy atom. The van der Waals surface area contributed by atoms with Crippen LogP contribution in [-0.4, -0.2) is 37.1 Å². The third-order valence-corrected chi connectivity index (χ3v) is 5.49. The number of aliphatic hydroxyl groups is 1. The van der Waals surface area contributed by atoms with Gasteiger partial charge in [-0.1, -0.05) is 12.1 Å². The fourth-order valence-corrected chi connectivity index (χ4v) is 3.56. The van der Waals surface area contributed by atoms with Gasteiger partial charge in [0.05, 0.1) is 18.3 Å². The quantitative estimate of drug-likeness (QED) is 0.614. The van der Waals surface area contributed by atoms with Gasteiger partial charge in [-0.15, -0.1) is 0 Å². The maximum atomic E-state index is 13.0. The van der Waals surface area contributed by atoms with Crippen LogP contribution in [0.1, 0.15) is 43.6 Å². The number of aliphatic hydroxyl groups excluding tert-OH is 1. The van der Waals surface area contributed by atoms with E-state index in [2.05, 4.69) is 5.32 Å². The molecule has 2 aliphatic rings. The molecular weight excluding hydrogens is 386 g/mol. The van der Waals surface area contributed by atoms with E-state index in [-0.39, 0.29) is 29.6 Å². The Morgan fingerprint density at radius 1 is 1.23 bits per heavy atom. The number of unbranched alkanes of at least 4 members (excludes halogenated alkanes) is 1. The lowest BCUT2D eigenvalue weighted by Gasteiger charge is -2.29.